The van der Waals surface area contributed by atoms with E-state index < -0.39 is 20.0 Å². The zero-order valence-corrected chi connectivity index (χ0v) is 22.0. The second kappa shape index (κ2) is 8.89. The van der Waals surface area contributed by atoms with Crippen molar-refractivity contribution < 1.29 is 21.2 Å². The SMILES string of the molecule is CC(C)N1c2cc(S(C)(=O)=O)ccc2N(CCN2CC=C(c3c[nH]c4cc(F)ccc34)CC2)S1(=O)=O. The second-order valence-corrected chi connectivity index (χ2v) is 13.3. The maximum atomic E-state index is 13.5. The zero-order chi connectivity index (χ0) is 25.8. The van der Waals surface area contributed by atoms with E-state index in [1.54, 1.807) is 26.0 Å². The molecular weight excluding hydrogens is 503 g/mol. The van der Waals surface area contributed by atoms with Crippen molar-refractivity contribution in [2.24, 2.45) is 0 Å². The predicted molar refractivity (Wildman–Crippen MR) is 141 cm³/mol. The van der Waals surface area contributed by atoms with Gasteiger partial charge < -0.3 is 4.98 Å². The Morgan fingerprint density at radius 2 is 1.86 bits per heavy atom. The lowest BCUT2D eigenvalue weighted by atomic mass is 9.99. The topological polar surface area (TPSA) is 93.8 Å². The molecule has 192 valence electrons. The second-order valence-electron chi connectivity index (χ2n) is 9.56. The summed E-state index contributed by atoms with van der Waals surface area (Å²) in [4.78, 5) is 5.42. The maximum absolute atomic E-state index is 13.5. The van der Waals surface area contributed by atoms with Crippen molar-refractivity contribution in [2.75, 3.05) is 41.0 Å². The van der Waals surface area contributed by atoms with Gasteiger partial charge in [-0.3, -0.25) is 4.90 Å². The highest BCUT2D eigenvalue weighted by atomic mass is 32.2. The highest BCUT2D eigenvalue weighted by molar-refractivity contribution is 7.94. The van der Waals surface area contributed by atoms with Crippen LogP contribution in [0.3, 0.4) is 0 Å². The third-order valence-electron chi connectivity index (χ3n) is 6.78. The fourth-order valence-corrected chi connectivity index (χ4v) is 7.51. The van der Waals surface area contributed by atoms with E-state index in [0.29, 0.717) is 24.5 Å². The molecule has 0 saturated carbocycles. The number of nitrogens with one attached hydrogen (secondary N) is 1. The van der Waals surface area contributed by atoms with Crippen LogP contribution >= 0.6 is 0 Å². The highest BCUT2D eigenvalue weighted by Crippen LogP contribution is 2.43. The number of sulfone groups is 1. The molecule has 2 aliphatic heterocycles. The molecule has 0 aliphatic carbocycles. The van der Waals surface area contributed by atoms with E-state index in [1.807, 2.05) is 6.20 Å². The van der Waals surface area contributed by atoms with Gasteiger partial charge in [0.2, 0.25) is 0 Å². The van der Waals surface area contributed by atoms with Gasteiger partial charge in [0.1, 0.15) is 5.82 Å². The van der Waals surface area contributed by atoms with E-state index in [1.165, 1.54) is 38.4 Å². The van der Waals surface area contributed by atoms with Crippen LogP contribution in [-0.4, -0.2) is 65.2 Å². The van der Waals surface area contributed by atoms with Crippen LogP contribution in [0.5, 0.6) is 0 Å². The molecule has 0 amide bonds. The molecule has 5 rings (SSSR count). The number of hydrogen-bond acceptors (Lipinski definition) is 5. The lowest BCUT2D eigenvalue weighted by Crippen LogP contribution is -2.44. The average Bonchev–Trinajstić information content (AvgIpc) is 3.31. The van der Waals surface area contributed by atoms with Gasteiger partial charge in [-0.15, -0.1) is 0 Å². The Bertz CT molecular complexity index is 1580. The minimum Gasteiger partial charge on any atom is -0.360 e. The molecule has 2 aliphatic rings. The molecule has 0 radical (unpaired) electrons. The molecule has 0 fully saturated rings. The predicted octanol–water partition coefficient (Wildman–Crippen LogP) is 3.78. The van der Waals surface area contributed by atoms with Crippen molar-refractivity contribution in [1.29, 1.82) is 0 Å². The number of hydrogen-bond donors (Lipinski definition) is 1. The number of aromatic amines is 1. The molecule has 36 heavy (non-hydrogen) atoms. The summed E-state index contributed by atoms with van der Waals surface area (Å²) in [5, 5.41) is 0.984. The van der Waals surface area contributed by atoms with Gasteiger partial charge >= 0.3 is 10.2 Å². The smallest absolute Gasteiger partial charge is 0.326 e. The van der Waals surface area contributed by atoms with Crippen LogP contribution in [-0.2, 0) is 20.0 Å². The van der Waals surface area contributed by atoms with Crippen LogP contribution < -0.4 is 8.61 Å². The zero-order valence-electron chi connectivity index (χ0n) is 20.4. The number of aromatic nitrogens is 1. The summed E-state index contributed by atoms with van der Waals surface area (Å²) in [5.74, 6) is -0.276. The van der Waals surface area contributed by atoms with Crippen molar-refractivity contribution in [1.82, 2.24) is 9.88 Å². The van der Waals surface area contributed by atoms with Gasteiger partial charge in [-0.2, -0.15) is 8.42 Å². The first-order valence-corrected chi connectivity index (χ1v) is 15.1. The molecule has 1 N–H and O–H groups in total. The molecule has 0 spiro atoms. The van der Waals surface area contributed by atoms with Gasteiger partial charge in [0.05, 0.1) is 16.3 Å². The molecule has 0 saturated heterocycles. The van der Waals surface area contributed by atoms with E-state index in [9.17, 15) is 21.2 Å². The Hall–Kier alpha value is -2.89. The Morgan fingerprint density at radius 3 is 2.53 bits per heavy atom. The number of halogens is 1. The van der Waals surface area contributed by atoms with Crippen LogP contribution in [0.1, 0.15) is 25.8 Å². The summed E-state index contributed by atoms with van der Waals surface area (Å²) in [7, 11) is -7.30. The quantitative estimate of drug-likeness (QED) is 0.522. The van der Waals surface area contributed by atoms with Crippen molar-refractivity contribution >= 4 is 47.9 Å². The average molecular weight is 533 g/mol. The molecule has 3 aromatic rings. The van der Waals surface area contributed by atoms with Crippen LogP contribution in [0.25, 0.3) is 16.5 Å². The molecule has 11 heteroatoms. The van der Waals surface area contributed by atoms with Crippen LogP contribution in [0.4, 0.5) is 15.8 Å². The monoisotopic (exact) mass is 532 g/mol. The molecule has 3 heterocycles. The van der Waals surface area contributed by atoms with Gasteiger partial charge in [0.15, 0.2) is 9.84 Å². The summed E-state index contributed by atoms with van der Waals surface area (Å²) in [5.41, 5.74) is 3.90. The maximum Gasteiger partial charge on any atom is 0.326 e. The normalized spacial score (nSPS) is 18.2. The number of benzene rings is 2. The molecule has 0 atom stereocenters. The van der Waals surface area contributed by atoms with Crippen LogP contribution in [0, 0.1) is 5.82 Å². The lowest BCUT2D eigenvalue weighted by Gasteiger charge is -2.29. The van der Waals surface area contributed by atoms with Gasteiger partial charge in [-0.1, -0.05) is 6.08 Å². The number of nitrogens with zero attached hydrogens (tertiary/aromatic N) is 3. The lowest BCUT2D eigenvalue weighted by molar-refractivity contribution is 0.311. The van der Waals surface area contributed by atoms with Crippen molar-refractivity contribution in [3.05, 3.63) is 60.1 Å². The minimum absolute atomic E-state index is 0.0951. The highest BCUT2D eigenvalue weighted by Gasteiger charge is 2.42. The summed E-state index contributed by atoms with van der Waals surface area (Å²) in [6.07, 6.45) is 5.96. The Labute approximate surface area is 211 Å². The summed E-state index contributed by atoms with van der Waals surface area (Å²) in [6.45, 7) is 5.77. The first kappa shape index (κ1) is 24.8. The third kappa shape index (κ3) is 4.29. The molecule has 0 bridgehead atoms. The molecular formula is C25H29FN4O4S2. The molecule has 2 aromatic carbocycles. The summed E-state index contributed by atoms with van der Waals surface area (Å²) in [6, 6.07) is 8.87. The first-order chi connectivity index (χ1) is 17.0. The van der Waals surface area contributed by atoms with Crippen molar-refractivity contribution in [3.63, 3.8) is 0 Å². The van der Waals surface area contributed by atoms with Gasteiger partial charge in [-0.05, 0) is 62.2 Å². The van der Waals surface area contributed by atoms with E-state index in [4.69, 9.17) is 0 Å². The standard InChI is InChI=1S/C25H29FN4O4S2/c1-17(2)30-25-15-20(35(3,31)32)5-7-24(25)29(36(30,33)34)13-12-28-10-8-18(9-11-28)22-16-27-23-14-19(26)4-6-21(22)23/h4-8,14-17,27H,9-13H2,1-3H3. The Balaban J connectivity index is 1.34. The van der Waals surface area contributed by atoms with E-state index in [2.05, 4.69) is 16.0 Å². The van der Waals surface area contributed by atoms with E-state index in [0.717, 1.165) is 35.7 Å². The van der Waals surface area contributed by atoms with Crippen LogP contribution in [0.15, 0.2) is 53.6 Å². The number of H-pyrrole nitrogens is 1. The summed E-state index contributed by atoms with van der Waals surface area (Å²) >= 11 is 0. The van der Waals surface area contributed by atoms with Gasteiger partial charge in [-0.25, -0.2) is 21.4 Å². The van der Waals surface area contributed by atoms with Gasteiger partial charge in [0.25, 0.3) is 0 Å². The van der Waals surface area contributed by atoms with Gasteiger partial charge in [0, 0.05) is 61.1 Å². The molecule has 0 unspecified atom stereocenters. The Kier molecular flexibility index (Phi) is 6.12. The van der Waals surface area contributed by atoms with Crippen molar-refractivity contribution in [2.45, 2.75) is 31.2 Å². The minimum atomic E-state index is -3.83. The fourth-order valence-electron chi connectivity index (χ4n) is 5.01. The van der Waals surface area contributed by atoms with Crippen molar-refractivity contribution in [3.8, 4) is 0 Å². The number of anilines is 2. The fraction of sp³-hybridized carbons (Fsp3) is 0.360. The number of rotatable bonds is 6. The largest absolute Gasteiger partial charge is 0.360 e. The first-order valence-electron chi connectivity index (χ1n) is 11.8. The van der Waals surface area contributed by atoms with Crippen LogP contribution in [0.2, 0.25) is 0 Å². The molecule has 8 nitrogen and oxygen atoms in total. The van der Waals surface area contributed by atoms with E-state index >= 15 is 0 Å². The Morgan fingerprint density at radius 1 is 1.08 bits per heavy atom. The third-order valence-corrected chi connectivity index (χ3v) is 9.94. The molecule has 1 aromatic heterocycles. The number of fused-ring (bicyclic) bond motifs is 2. The van der Waals surface area contributed by atoms with E-state index in [-0.39, 0.29) is 23.3 Å². The summed E-state index contributed by atoms with van der Waals surface area (Å²) < 4.78 is 67.2.